The number of nitrogens with one attached hydrogen (secondary N) is 1. The highest BCUT2D eigenvalue weighted by atomic mass is 16.1. The summed E-state index contributed by atoms with van der Waals surface area (Å²) in [6.07, 6.45) is 3.24. The van der Waals surface area contributed by atoms with Gasteiger partial charge in [0.05, 0.1) is 11.7 Å². The molecule has 12 heavy (non-hydrogen) atoms. The summed E-state index contributed by atoms with van der Waals surface area (Å²) in [5.41, 5.74) is 1.76. The Balaban J connectivity index is 2.93. The van der Waals surface area contributed by atoms with E-state index in [2.05, 4.69) is 15.0 Å². The fourth-order valence-electron chi connectivity index (χ4n) is 1.03. The fraction of sp³-hybridized carbons (Fsp3) is 0.125. The molecule has 0 fully saturated rings. The molecule has 0 aromatic carbocycles. The molecule has 0 spiro atoms. The van der Waals surface area contributed by atoms with Crippen LogP contribution in [0, 0.1) is 6.92 Å². The van der Waals surface area contributed by atoms with Gasteiger partial charge in [0.25, 0.3) is 5.56 Å². The van der Waals surface area contributed by atoms with Crippen LogP contribution in [0.2, 0.25) is 0 Å². The summed E-state index contributed by atoms with van der Waals surface area (Å²) >= 11 is 0. The Morgan fingerprint density at radius 3 is 3.17 bits per heavy atom. The number of aromatic amines is 1. The Morgan fingerprint density at radius 1 is 1.50 bits per heavy atom. The van der Waals surface area contributed by atoms with E-state index in [-0.39, 0.29) is 5.56 Å². The summed E-state index contributed by atoms with van der Waals surface area (Å²) in [6.45, 7) is 1.67. The molecule has 2 aromatic rings. The van der Waals surface area contributed by atoms with Gasteiger partial charge in [0.15, 0.2) is 0 Å². The molecule has 1 N–H and O–H groups in total. The van der Waals surface area contributed by atoms with E-state index in [0.717, 1.165) is 11.0 Å². The van der Waals surface area contributed by atoms with Gasteiger partial charge in [0.1, 0.15) is 11.2 Å². The van der Waals surface area contributed by atoms with Crippen LogP contribution in [0.25, 0.3) is 11.0 Å². The molecule has 0 saturated heterocycles. The van der Waals surface area contributed by atoms with Gasteiger partial charge in [-0.15, -0.1) is 0 Å². The number of rotatable bonds is 0. The number of fused-ring (bicyclic) bond motifs is 1. The van der Waals surface area contributed by atoms with Crippen LogP contribution in [0.15, 0.2) is 23.3 Å². The zero-order chi connectivity index (χ0) is 8.55. The largest absolute Gasteiger partial charge is 0.319 e. The maximum Gasteiger partial charge on any atom is 0.269 e. The van der Waals surface area contributed by atoms with Crippen molar-refractivity contribution in [2.45, 2.75) is 6.92 Å². The smallest absolute Gasteiger partial charge is 0.269 e. The summed E-state index contributed by atoms with van der Waals surface area (Å²) in [5.74, 6) is 0. The molecule has 0 radical (unpaired) electrons. The molecule has 2 aromatic heterocycles. The second-order valence-corrected chi connectivity index (χ2v) is 2.54. The number of nitrogens with zero attached hydrogens (tertiary/aromatic N) is 2. The maximum absolute atomic E-state index is 11.1. The van der Waals surface area contributed by atoms with Crippen molar-refractivity contribution in [3.63, 3.8) is 0 Å². The third-order valence-electron chi connectivity index (χ3n) is 1.67. The van der Waals surface area contributed by atoms with Gasteiger partial charge < -0.3 is 4.98 Å². The van der Waals surface area contributed by atoms with E-state index in [9.17, 15) is 4.79 Å². The van der Waals surface area contributed by atoms with E-state index in [1.165, 1.54) is 0 Å². The lowest BCUT2D eigenvalue weighted by Gasteiger charge is -1.95. The first-order valence-corrected chi connectivity index (χ1v) is 3.58. The Kier molecular flexibility index (Phi) is 1.40. The highest BCUT2D eigenvalue weighted by molar-refractivity contribution is 5.72. The van der Waals surface area contributed by atoms with Crippen LogP contribution in [0.3, 0.4) is 0 Å². The van der Waals surface area contributed by atoms with Gasteiger partial charge in [0.2, 0.25) is 0 Å². The van der Waals surface area contributed by atoms with Crippen LogP contribution in [0.4, 0.5) is 0 Å². The van der Waals surface area contributed by atoms with Crippen LogP contribution >= 0.6 is 0 Å². The van der Waals surface area contributed by atoms with Gasteiger partial charge >= 0.3 is 0 Å². The monoisotopic (exact) mass is 161 g/mol. The standard InChI is InChI=1S/C8H7N3O/c1-5-8(12)11-6-2-3-9-4-7(6)10-5/h2-4H,1H3,(H,11,12). The average Bonchev–Trinajstić information content (AvgIpc) is 2.07. The van der Waals surface area contributed by atoms with Crippen LogP contribution in [0.1, 0.15) is 5.69 Å². The van der Waals surface area contributed by atoms with Gasteiger partial charge in [-0.25, -0.2) is 4.98 Å². The highest BCUT2D eigenvalue weighted by Crippen LogP contribution is 2.02. The first kappa shape index (κ1) is 6.97. The number of hydrogen-bond acceptors (Lipinski definition) is 3. The molecular formula is C8H7N3O. The van der Waals surface area contributed by atoms with E-state index in [1.54, 1.807) is 25.4 Å². The first-order valence-electron chi connectivity index (χ1n) is 3.58. The van der Waals surface area contributed by atoms with Crippen LogP contribution in [-0.4, -0.2) is 15.0 Å². The zero-order valence-corrected chi connectivity index (χ0v) is 6.53. The first-order chi connectivity index (χ1) is 5.77. The average molecular weight is 161 g/mol. The minimum absolute atomic E-state index is 0.145. The van der Waals surface area contributed by atoms with Crippen LogP contribution < -0.4 is 5.56 Å². The number of aryl methyl sites for hydroxylation is 1. The van der Waals surface area contributed by atoms with Crippen molar-refractivity contribution in [1.29, 1.82) is 0 Å². The van der Waals surface area contributed by atoms with Gasteiger partial charge in [-0.2, -0.15) is 0 Å². The predicted molar refractivity (Wildman–Crippen MR) is 44.9 cm³/mol. The van der Waals surface area contributed by atoms with Crippen molar-refractivity contribution < 1.29 is 0 Å². The number of pyridine rings is 1. The van der Waals surface area contributed by atoms with Crippen molar-refractivity contribution in [2.75, 3.05) is 0 Å². The molecule has 4 nitrogen and oxygen atoms in total. The molecule has 0 amide bonds. The highest BCUT2D eigenvalue weighted by Gasteiger charge is 1.97. The summed E-state index contributed by atoms with van der Waals surface area (Å²) in [4.78, 5) is 21.8. The van der Waals surface area contributed by atoms with Crippen LogP contribution in [-0.2, 0) is 0 Å². The quantitative estimate of drug-likeness (QED) is 0.616. The van der Waals surface area contributed by atoms with Crippen LogP contribution in [0.5, 0.6) is 0 Å². The molecular weight excluding hydrogens is 154 g/mol. The lowest BCUT2D eigenvalue weighted by atomic mass is 10.4. The Labute approximate surface area is 68.3 Å². The second kappa shape index (κ2) is 2.41. The molecule has 60 valence electrons. The summed E-state index contributed by atoms with van der Waals surface area (Å²) in [6, 6.07) is 1.73. The van der Waals surface area contributed by atoms with E-state index in [1.807, 2.05) is 0 Å². The van der Waals surface area contributed by atoms with Gasteiger partial charge in [-0.1, -0.05) is 0 Å². The van der Waals surface area contributed by atoms with E-state index < -0.39 is 0 Å². The second-order valence-electron chi connectivity index (χ2n) is 2.54. The van der Waals surface area contributed by atoms with Crippen molar-refractivity contribution in [3.05, 3.63) is 34.5 Å². The molecule has 2 heterocycles. The molecule has 0 aliphatic rings. The SMILES string of the molecule is Cc1nc2cnccc2[nH]c1=O. The van der Waals surface area contributed by atoms with Crippen molar-refractivity contribution in [1.82, 2.24) is 15.0 Å². The van der Waals surface area contributed by atoms with E-state index in [0.29, 0.717) is 5.69 Å². The lowest BCUT2D eigenvalue weighted by molar-refractivity contribution is 1.11. The lowest BCUT2D eigenvalue weighted by Crippen LogP contribution is -2.11. The summed E-state index contributed by atoms with van der Waals surface area (Å²) in [7, 11) is 0. The molecule has 0 unspecified atom stereocenters. The normalized spacial score (nSPS) is 10.4. The van der Waals surface area contributed by atoms with Gasteiger partial charge in [-0.3, -0.25) is 9.78 Å². The van der Waals surface area contributed by atoms with Crippen molar-refractivity contribution in [3.8, 4) is 0 Å². The molecule has 0 aliphatic carbocycles. The van der Waals surface area contributed by atoms with Gasteiger partial charge in [-0.05, 0) is 13.0 Å². The van der Waals surface area contributed by atoms with Crippen molar-refractivity contribution in [2.24, 2.45) is 0 Å². The number of H-pyrrole nitrogens is 1. The molecule has 0 bridgehead atoms. The summed E-state index contributed by atoms with van der Waals surface area (Å²) in [5, 5.41) is 0. The third-order valence-corrected chi connectivity index (χ3v) is 1.67. The number of aromatic nitrogens is 3. The molecule has 0 saturated carbocycles. The fourth-order valence-corrected chi connectivity index (χ4v) is 1.03. The molecule has 2 rings (SSSR count). The van der Waals surface area contributed by atoms with Gasteiger partial charge in [0, 0.05) is 6.20 Å². The van der Waals surface area contributed by atoms with E-state index in [4.69, 9.17) is 0 Å². The number of hydrogen-bond donors (Lipinski definition) is 1. The third kappa shape index (κ3) is 0.972. The minimum atomic E-state index is -0.145. The minimum Gasteiger partial charge on any atom is -0.319 e. The molecule has 0 atom stereocenters. The maximum atomic E-state index is 11.1. The summed E-state index contributed by atoms with van der Waals surface area (Å²) < 4.78 is 0. The Bertz CT molecular complexity index is 475. The van der Waals surface area contributed by atoms with E-state index >= 15 is 0 Å². The topological polar surface area (TPSA) is 58.6 Å². The Morgan fingerprint density at radius 2 is 2.33 bits per heavy atom. The Hall–Kier alpha value is -1.71. The zero-order valence-electron chi connectivity index (χ0n) is 6.53. The molecule has 0 aliphatic heterocycles. The van der Waals surface area contributed by atoms with Crippen molar-refractivity contribution >= 4 is 11.0 Å². The predicted octanol–water partition coefficient (Wildman–Crippen LogP) is 0.627. The molecule has 4 heteroatoms.